The van der Waals surface area contributed by atoms with Crippen LogP contribution in [0, 0.1) is 5.41 Å². The number of nitrogens with zero attached hydrogens (tertiary/aromatic N) is 2. The number of benzene rings is 2. The molecule has 1 fully saturated rings. The number of aromatic nitrogens is 2. The maximum Gasteiger partial charge on any atom is 0.315 e. The second kappa shape index (κ2) is 10.2. The van der Waals surface area contributed by atoms with Crippen LogP contribution in [-0.2, 0) is 22.5 Å². The highest BCUT2D eigenvalue weighted by Crippen LogP contribution is 2.38. The van der Waals surface area contributed by atoms with Crippen molar-refractivity contribution in [1.29, 1.82) is 0 Å². The molecule has 0 aliphatic heterocycles. The summed E-state index contributed by atoms with van der Waals surface area (Å²) >= 11 is 0. The van der Waals surface area contributed by atoms with Crippen molar-refractivity contribution in [2.45, 2.75) is 64.8 Å². The Hall–Kier alpha value is -2.82. The minimum atomic E-state index is -0.504. The van der Waals surface area contributed by atoms with E-state index in [2.05, 4.69) is 41.8 Å². The third-order valence-corrected chi connectivity index (χ3v) is 6.70. The van der Waals surface area contributed by atoms with Gasteiger partial charge in [-0.25, -0.2) is 4.98 Å². The average Bonchev–Trinajstić information content (AvgIpc) is 3.19. The fourth-order valence-corrected chi connectivity index (χ4v) is 4.78. The number of ether oxygens (including phenoxy) is 2. The van der Waals surface area contributed by atoms with Gasteiger partial charge < -0.3 is 14.0 Å². The Morgan fingerprint density at radius 1 is 1.06 bits per heavy atom. The average molecular weight is 435 g/mol. The van der Waals surface area contributed by atoms with Crippen molar-refractivity contribution in [3.63, 3.8) is 0 Å². The second-order valence-electron chi connectivity index (χ2n) is 8.97. The quantitative estimate of drug-likeness (QED) is 0.392. The van der Waals surface area contributed by atoms with Crippen LogP contribution in [0.4, 0.5) is 0 Å². The highest BCUT2D eigenvalue weighted by molar-refractivity contribution is 5.77. The van der Waals surface area contributed by atoms with Crippen molar-refractivity contribution in [1.82, 2.24) is 9.55 Å². The number of methoxy groups -OCH3 is 1. The molecular weight excluding hydrogens is 400 g/mol. The van der Waals surface area contributed by atoms with E-state index >= 15 is 0 Å². The Balaban J connectivity index is 1.47. The van der Waals surface area contributed by atoms with Gasteiger partial charge in [0.2, 0.25) is 0 Å². The largest absolute Gasteiger partial charge is 0.492 e. The molecule has 3 aromatic rings. The number of unbranched alkanes of at least 4 members (excludes halogenated alkanes) is 1. The first kappa shape index (κ1) is 22.4. The molecule has 0 unspecified atom stereocenters. The van der Waals surface area contributed by atoms with Crippen molar-refractivity contribution in [3.8, 4) is 5.75 Å². The first-order valence-electron chi connectivity index (χ1n) is 11.9. The van der Waals surface area contributed by atoms with Gasteiger partial charge in [0.1, 0.15) is 23.6 Å². The van der Waals surface area contributed by atoms with Gasteiger partial charge in [0.15, 0.2) is 0 Å². The molecule has 0 spiro atoms. The molecule has 2 aromatic carbocycles. The van der Waals surface area contributed by atoms with Crippen LogP contribution in [0.15, 0.2) is 48.5 Å². The van der Waals surface area contributed by atoms with E-state index in [9.17, 15) is 4.79 Å². The molecule has 0 radical (unpaired) electrons. The van der Waals surface area contributed by atoms with Crippen molar-refractivity contribution in [3.05, 3.63) is 59.9 Å². The molecule has 5 heteroatoms. The SMILES string of the molecule is CCCCc1nc2ccccc2n1Cc1ccc(OCC2(C(=O)OC)CCCCC2)cc1. The number of hydrogen-bond donors (Lipinski definition) is 0. The zero-order chi connectivity index (χ0) is 22.4. The summed E-state index contributed by atoms with van der Waals surface area (Å²) in [6, 6.07) is 16.6. The zero-order valence-corrected chi connectivity index (χ0v) is 19.3. The van der Waals surface area contributed by atoms with Crippen LogP contribution in [0.25, 0.3) is 11.0 Å². The standard InChI is InChI=1S/C27H34N2O3/c1-3-4-12-25-28-23-10-6-7-11-24(23)29(25)19-21-13-15-22(16-14-21)32-20-27(26(30)31-2)17-8-5-9-18-27/h6-7,10-11,13-16H,3-5,8-9,12,17-20H2,1-2H3. The summed E-state index contributed by atoms with van der Waals surface area (Å²) in [5.41, 5.74) is 2.93. The number of carbonyl (C=O) groups is 1. The van der Waals surface area contributed by atoms with E-state index in [1.807, 2.05) is 18.2 Å². The van der Waals surface area contributed by atoms with Crippen LogP contribution in [0.3, 0.4) is 0 Å². The first-order valence-corrected chi connectivity index (χ1v) is 11.9. The van der Waals surface area contributed by atoms with Crippen LogP contribution in [0.5, 0.6) is 5.75 Å². The van der Waals surface area contributed by atoms with E-state index in [4.69, 9.17) is 14.5 Å². The lowest BCUT2D eigenvalue weighted by atomic mass is 9.74. The van der Waals surface area contributed by atoms with Crippen LogP contribution in [-0.4, -0.2) is 29.2 Å². The van der Waals surface area contributed by atoms with Gasteiger partial charge in [0.05, 0.1) is 18.1 Å². The van der Waals surface area contributed by atoms with E-state index in [1.165, 1.54) is 24.6 Å². The molecule has 0 saturated heterocycles. The molecule has 0 N–H and O–H groups in total. The fraction of sp³-hybridized carbons (Fsp3) is 0.481. The van der Waals surface area contributed by atoms with Crippen LogP contribution < -0.4 is 4.74 Å². The van der Waals surface area contributed by atoms with E-state index in [0.29, 0.717) is 6.61 Å². The molecule has 0 amide bonds. The Labute approximate surface area is 190 Å². The molecule has 0 bridgehead atoms. The maximum absolute atomic E-state index is 12.4. The van der Waals surface area contributed by atoms with Crippen LogP contribution in [0.2, 0.25) is 0 Å². The van der Waals surface area contributed by atoms with E-state index in [0.717, 1.165) is 68.6 Å². The number of imidazole rings is 1. The molecule has 1 heterocycles. The topological polar surface area (TPSA) is 53.4 Å². The molecule has 32 heavy (non-hydrogen) atoms. The van der Waals surface area contributed by atoms with Gasteiger partial charge in [-0.05, 0) is 49.1 Å². The van der Waals surface area contributed by atoms with Gasteiger partial charge in [-0.3, -0.25) is 4.79 Å². The number of rotatable bonds is 9. The Bertz CT molecular complexity index is 1030. The van der Waals surface area contributed by atoms with E-state index in [-0.39, 0.29) is 5.97 Å². The number of esters is 1. The lowest BCUT2D eigenvalue weighted by molar-refractivity contribution is -0.157. The third-order valence-electron chi connectivity index (χ3n) is 6.70. The second-order valence-corrected chi connectivity index (χ2v) is 8.97. The lowest BCUT2D eigenvalue weighted by Gasteiger charge is -2.34. The third kappa shape index (κ3) is 4.82. The molecule has 1 aliphatic carbocycles. The Morgan fingerprint density at radius 2 is 1.81 bits per heavy atom. The van der Waals surface area contributed by atoms with Crippen molar-refractivity contribution < 1.29 is 14.3 Å². The normalized spacial score (nSPS) is 15.6. The van der Waals surface area contributed by atoms with Gasteiger partial charge >= 0.3 is 5.97 Å². The van der Waals surface area contributed by atoms with Crippen LogP contribution >= 0.6 is 0 Å². The van der Waals surface area contributed by atoms with Crippen molar-refractivity contribution in [2.24, 2.45) is 5.41 Å². The first-order chi connectivity index (χ1) is 15.6. The van der Waals surface area contributed by atoms with Gasteiger partial charge in [-0.2, -0.15) is 0 Å². The van der Waals surface area contributed by atoms with Crippen molar-refractivity contribution >= 4 is 17.0 Å². The summed E-state index contributed by atoms with van der Waals surface area (Å²) < 4.78 is 13.5. The van der Waals surface area contributed by atoms with Gasteiger partial charge in [0.25, 0.3) is 0 Å². The molecule has 0 atom stereocenters. The molecule has 170 valence electrons. The summed E-state index contributed by atoms with van der Waals surface area (Å²) in [4.78, 5) is 17.3. The number of para-hydroxylation sites is 2. The molecule has 1 saturated carbocycles. The summed E-state index contributed by atoms with van der Waals surface area (Å²) in [5, 5.41) is 0. The molecule has 4 rings (SSSR count). The lowest BCUT2D eigenvalue weighted by Crippen LogP contribution is -2.39. The number of hydrogen-bond acceptors (Lipinski definition) is 4. The Morgan fingerprint density at radius 3 is 2.53 bits per heavy atom. The van der Waals surface area contributed by atoms with Gasteiger partial charge in [-0.1, -0.05) is 56.9 Å². The van der Waals surface area contributed by atoms with E-state index in [1.54, 1.807) is 0 Å². The van der Waals surface area contributed by atoms with Crippen LogP contribution in [0.1, 0.15) is 63.3 Å². The minimum absolute atomic E-state index is 0.139. The smallest absolute Gasteiger partial charge is 0.315 e. The molecule has 1 aromatic heterocycles. The van der Waals surface area contributed by atoms with Crippen molar-refractivity contribution in [2.75, 3.05) is 13.7 Å². The predicted molar refractivity (Wildman–Crippen MR) is 127 cm³/mol. The summed E-state index contributed by atoms with van der Waals surface area (Å²) in [6.07, 6.45) is 8.24. The summed E-state index contributed by atoms with van der Waals surface area (Å²) in [7, 11) is 1.47. The fourth-order valence-electron chi connectivity index (χ4n) is 4.78. The summed E-state index contributed by atoms with van der Waals surface area (Å²) in [5.74, 6) is 1.80. The minimum Gasteiger partial charge on any atom is -0.492 e. The molecule has 5 nitrogen and oxygen atoms in total. The Kier molecular flexibility index (Phi) is 7.13. The number of fused-ring (bicyclic) bond motifs is 1. The van der Waals surface area contributed by atoms with Gasteiger partial charge in [0, 0.05) is 13.0 Å². The molecular formula is C27H34N2O3. The molecule has 1 aliphatic rings. The van der Waals surface area contributed by atoms with E-state index < -0.39 is 5.41 Å². The number of aryl methyl sites for hydroxylation is 1. The zero-order valence-electron chi connectivity index (χ0n) is 19.3. The highest BCUT2D eigenvalue weighted by atomic mass is 16.5. The monoisotopic (exact) mass is 434 g/mol. The highest BCUT2D eigenvalue weighted by Gasteiger charge is 2.41. The van der Waals surface area contributed by atoms with Gasteiger partial charge in [-0.15, -0.1) is 0 Å². The summed E-state index contributed by atoms with van der Waals surface area (Å²) in [6.45, 7) is 3.38. The maximum atomic E-state index is 12.4. The predicted octanol–water partition coefficient (Wildman–Crippen LogP) is 5.93. The number of carbonyl (C=O) groups excluding carboxylic acids is 1.